The lowest BCUT2D eigenvalue weighted by atomic mass is 9.81. The van der Waals surface area contributed by atoms with Crippen LogP contribution >= 0.6 is 0 Å². The molecule has 0 N–H and O–H groups in total. The van der Waals surface area contributed by atoms with E-state index in [1.807, 2.05) is 0 Å². The first-order valence-electron chi connectivity index (χ1n) is 2.01. The second-order valence-electron chi connectivity index (χ2n) is 1.36. The molecular formula is C4H3BF2. The first kappa shape index (κ1) is 4.56. The molecule has 0 nitrogen and oxygen atoms in total. The molecular weight excluding hydrogens is 96.9 g/mol. The van der Waals surface area contributed by atoms with E-state index in [2.05, 4.69) is 0 Å². The van der Waals surface area contributed by atoms with Gasteiger partial charge in [-0.15, -0.1) is 5.98 Å². The maximum absolute atomic E-state index is 11.8. The van der Waals surface area contributed by atoms with Crippen LogP contribution in [0.5, 0.6) is 0 Å². The van der Waals surface area contributed by atoms with Crippen LogP contribution in [0.4, 0.5) is 8.78 Å². The summed E-state index contributed by atoms with van der Waals surface area (Å²) >= 11 is 0. The fourth-order valence-corrected chi connectivity index (χ4v) is 0.454. The fourth-order valence-electron chi connectivity index (χ4n) is 0.454. The van der Waals surface area contributed by atoms with Crippen molar-refractivity contribution >= 4 is 7.28 Å². The predicted octanol–water partition coefficient (Wildman–Crippen LogP) is 1.06. The van der Waals surface area contributed by atoms with Gasteiger partial charge in [-0.2, -0.15) is 0 Å². The van der Waals surface area contributed by atoms with Crippen LogP contribution in [-0.2, 0) is 0 Å². The number of hydrogen-bond acceptors (Lipinski definition) is 0. The smallest absolute Gasteiger partial charge is 0.220 e. The Kier molecular flexibility index (Phi) is 0.967. The van der Waals surface area contributed by atoms with E-state index in [0.29, 0.717) is 0 Å². The number of halogens is 2. The molecule has 0 atom stereocenters. The van der Waals surface area contributed by atoms with E-state index in [4.69, 9.17) is 0 Å². The van der Waals surface area contributed by atoms with E-state index in [1.165, 1.54) is 5.98 Å². The molecule has 1 aliphatic rings. The molecule has 36 valence electrons. The molecule has 0 radical (unpaired) electrons. The molecule has 0 fully saturated rings. The van der Waals surface area contributed by atoms with E-state index in [0.717, 1.165) is 6.08 Å². The van der Waals surface area contributed by atoms with Gasteiger partial charge in [-0.1, -0.05) is 0 Å². The maximum Gasteiger partial charge on any atom is 0.224 e. The van der Waals surface area contributed by atoms with Gasteiger partial charge in [-0.3, -0.25) is 0 Å². The molecule has 3 heteroatoms. The zero-order valence-corrected chi connectivity index (χ0v) is 3.62. The Balaban J connectivity index is 2.79. The highest BCUT2D eigenvalue weighted by atomic mass is 19.2. The van der Waals surface area contributed by atoms with Gasteiger partial charge < -0.3 is 0 Å². The van der Waals surface area contributed by atoms with Crippen molar-refractivity contribution in [3.8, 4) is 0 Å². The average Bonchev–Trinajstić information content (AvgIpc) is 1.91. The molecule has 0 aromatic rings. The minimum absolute atomic E-state index is 0.131. The predicted molar refractivity (Wildman–Crippen MR) is 25.5 cm³/mol. The molecule has 0 aliphatic carbocycles. The van der Waals surface area contributed by atoms with Crippen molar-refractivity contribution in [3.05, 3.63) is 23.6 Å². The van der Waals surface area contributed by atoms with E-state index in [9.17, 15) is 8.78 Å². The van der Waals surface area contributed by atoms with Crippen molar-refractivity contribution in [2.45, 2.75) is 0 Å². The van der Waals surface area contributed by atoms with E-state index in [1.54, 1.807) is 0 Å². The zero-order chi connectivity index (χ0) is 5.28. The third-order valence-corrected chi connectivity index (χ3v) is 0.820. The lowest BCUT2D eigenvalue weighted by Gasteiger charge is -1.77. The molecule has 1 rings (SSSR count). The largest absolute Gasteiger partial charge is 0.224 e. The van der Waals surface area contributed by atoms with E-state index in [-0.39, 0.29) is 7.28 Å². The van der Waals surface area contributed by atoms with Gasteiger partial charge in [0.05, 0.1) is 5.73 Å². The van der Waals surface area contributed by atoms with Gasteiger partial charge in [-0.25, -0.2) is 8.78 Å². The molecule has 0 aromatic carbocycles. The lowest BCUT2D eigenvalue weighted by molar-refractivity contribution is 0.593. The van der Waals surface area contributed by atoms with Crippen molar-refractivity contribution in [3.63, 3.8) is 0 Å². The number of hydrogen-bond donors (Lipinski definition) is 0. The first-order chi connectivity index (χ1) is 3.30. The third-order valence-electron chi connectivity index (χ3n) is 0.820. The summed E-state index contributed by atoms with van der Waals surface area (Å²) in [6, 6.07) is 0. The Bertz CT molecular complexity index is 137. The minimum Gasteiger partial charge on any atom is -0.220 e. The molecule has 0 saturated carbocycles. The van der Waals surface area contributed by atoms with Gasteiger partial charge in [-0.05, 0) is 6.08 Å². The van der Waals surface area contributed by atoms with Gasteiger partial charge in [0, 0.05) is 0 Å². The summed E-state index contributed by atoms with van der Waals surface area (Å²) in [5, 5.41) is 0. The monoisotopic (exact) mass is 100 g/mol. The molecule has 0 unspecified atom stereocenters. The normalized spacial score (nSPS) is 18.0. The highest BCUT2D eigenvalue weighted by molar-refractivity contribution is 6.51. The van der Waals surface area contributed by atoms with Crippen LogP contribution in [-0.4, -0.2) is 7.28 Å². The van der Waals surface area contributed by atoms with Crippen molar-refractivity contribution in [2.75, 3.05) is 0 Å². The summed E-state index contributed by atoms with van der Waals surface area (Å²) in [5.74, 6) is 0.727. The maximum atomic E-state index is 11.8. The highest BCUT2D eigenvalue weighted by Crippen LogP contribution is 2.13. The van der Waals surface area contributed by atoms with Crippen molar-refractivity contribution in [1.82, 2.24) is 0 Å². The van der Waals surface area contributed by atoms with Crippen LogP contribution in [0.1, 0.15) is 0 Å². The number of rotatable bonds is 0. The molecule has 0 bridgehead atoms. The molecule has 0 saturated heterocycles. The van der Waals surface area contributed by atoms with Crippen molar-refractivity contribution in [2.24, 2.45) is 0 Å². The summed E-state index contributed by atoms with van der Waals surface area (Å²) in [6.07, 6.45) is 1.13. The van der Waals surface area contributed by atoms with Crippen LogP contribution in [0.3, 0.4) is 0 Å². The lowest BCUT2D eigenvalue weighted by Crippen LogP contribution is -1.78. The summed E-state index contributed by atoms with van der Waals surface area (Å²) in [6.45, 7) is 0. The minimum atomic E-state index is -0.722. The van der Waals surface area contributed by atoms with E-state index < -0.39 is 11.6 Å². The molecule has 7 heavy (non-hydrogen) atoms. The zero-order valence-electron chi connectivity index (χ0n) is 3.62. The van der Waals surface area contributed by atoms with Crippen LogP contribution < -0.4 is 0 Å². The molecule has 1 aliphatic heterocycles. The van der Waals surface area contributed by atoms with Crippen LogP contribution in [0.25, 0.3) is 0 Å². The van der Waals surface area contributed by atoms with Crippen LogP contribution in [0.2, 0.25) is 0 Å². The SMILES string of the molecule is FC1=C(F)C=CB1. The van der Waals surface area contributed by atoms with Gasteiger partial charge in [0.1, 0.15) is 5.83 Å². The molecule has 1 heterocycles. The summed E-state index contributed by atoms with van der Waals surface area (Å²) in [5.41, 5.74) is -0.653. The molecule has 0 spiro atoms. The Hall–Kier alpha value is -0.595. The quantitative estimate of drug-likeness (QED) is 0.399. The van der Waals surface area contributed by atoms with E-state index >= 15 is 0 Å². The first-order valence-corrected chi connectivity index (χ1v) is 2.01. The van der Waals surface area contributed by atoms with Crippen LogP contribution in [0.15, 0.2) is 23.6 Å². The topological polar surface area (TPSA) is 0 Å². The summed E-state index contributed by atoms with van der Waals surface area (Å²) in [4.78, 5) is 0. The second-order valence-corrected chi connectivity index (χ2v) is 1.36. The van der Waals surface area contributed by atoms with Gasteiger partial charge >= 0.3 is 0 Å². The van der Waals surface area contributed by atoms with Crippen LogP contribution in [0, 0.1) is 0 Å². The Labute approximate surface area is 40.8 Å². The Morgan fingerprint density at radius 2 is 2.14 bits per heavy atom. The highest BCUT2D eigenvalue weighted by Gasteiger charge is 2.06. The van der Waals surface area contributed by atoms with Crippen molar-refractivity contribution < 1.29 is 8.78 Å². The van der Waals surface area contributed by atoms with Gasteiger partial charge in [0.15, 0.2) is 0 Å². The fraction of sp³-hybridized carbons (Fsp3) is 0. The van der Waals surface area contributed by atoms with Gasteiger partial charge in [0.2, 0.25) is 7.28 Å². The van der Waals surface area contributed by atoms with Gasteiger partial charge in [0.25, 0.3) is 0 Å². The Morgan fingerprint density at radius 3 is 2.29 bits per heavy atom. The summed E-state index contributed by atoms with van der Waals surface area (Å²) < 4.78 is 23.5. The Morgan fingerprint density at radius 1 is 1.43 bits per heavy atom. The standard InChI is InChI=1S/C4H3BF2/c6-3-1-2-5-4(3)7/h1-2,5H. The molecule has 0 amide bonds. The van der Waals surface area contributed by atoms with Crippen molar-refractivity contribution in [1.29, 1.82) is 0 Å². The third kappa shape index (κ3) is 0.708. The number of allylic oxidation sites excluding steroid dienone is 2. The molecule has 0 aromatic heterocycles. The second kappa shape index (κ2) is 1.48. The summed E-state index contributed by atoms with van der Waals surface area (Å²) in [7, 11) is 0.131. The average molecular weight is 99.9 g/mol.